The van der Waals surface area contributed by atoms with Crippen molar-refractivity contribution < 1.29 is 35.4 Å². The molecule has 10 heterocycles. The molecule has 0 saturated heterocycles. The van der Waals surface area contributed by atoms with Gasteiger partial charge >= 0.3 is 0 Å². The maximum absolute atomic E-state index is 12.3. The van der Waals surface area contributed by atoms with Gasteiger partial charge in [-0.15, -0.1) is 34.0 Å². The number of anilines is 1. The minimum atomic E-state index is -0.565. The molecule has 10 aromatic rings. The van der Waals surface area contributed by atoms with Crippen LogP contribution < -0.4 is 21.2 Å². The number of fused-ring (bicyclic) bond motifs is 3. The Bertz CT molecular complexity index is 4830. The number of amidine groups is 1. The molecular formula is C63H53ClN14O9S7. The summed E-state index contributed by atoms with van der Waals surface area (Å²) >= 11 is 17.5. The van der Waals surface area contributed by atoms with E-state index < -0.39 is 28.5 Å². The highest BCUT2D eigenvalue weighted by molar-refractivity contribution is 8.33. The number of benzene rings is 4. The highest BCUT2D eigenvalue weighted by Crippen LogP contribution is 2.50. The summed E-state index contributed by atoms with van der Waals surface area (Å²) in [4.78, 5) is 62.7. The molecule has 31 heteroatoms. The molecular weight excluding hydrogens is 1360 g/mol. The number of aryl methyl sites for hydroxylation is 1. The summed E-state index contributed by atoms with van der Waals surface area (Å²) in [5.41, 5.74) is 4.69. The van der Waals surface area contributed by atoms with E-state index in [2.05, 4.69) is 72.2 Å². The first-order valence-corrected chi connectivity index (χ1v) is 34.3. The van der Waals surface area contributed by atoms with E-state index in [9.17, 15) is 45.0 Å². The number of phenols is 5. The molecule has 23 nitrogen and oxygen atoms in total. The van der Waals surface area contributed by atoms with E-state index in [4.69, 9.17) is 17.0 Å². The smallest absolute Gasteiger partial charge is 0.273 e. The first-order valence-electron chi connectivity index (χ1n) is 27.8. The summed E-state index contributed by atoms with van der Waals surface area (Å²) in [5.74, 6) is -2.22. The van der Waals surface area contributed by atoms with Crippen molar-refractivity contribution in [2.45, 2.75) is 39.9 Å². The lowest BCUT2D eigenvalue weighted by Crippen LogP contribution is -2.34. The summed E-state index contributed by atoms with van der Waals surface area (Å²) in [6.07, 6.45) is 9.01. The molecule has 0 fully saturated rings. The van der Waals surface area contributed by atoms with Crippen LogP contribution in [-0.4, -0.2) is 113 Å². The number of H-pyrrole nitrogens is 1. The Kier molecular flexibility index (Phi) is 22.5. The second-order valence-corrected chi connectivity index (χ2v) is 27.3. The third-order valence-corrected chi connectivity index (χ3v) is 21.0. The van der Waals surface area contributed by atoms with Gasteiger partial charge in [0.05, 0.1) is 87.7 Å². The number of para-hydroxylation sites is 1. The Morgan fingerprint density at radius 3 is 2.17 bits per heavy atom. The summed E-state index contributed by atoms with van der Waals surface area (Å²) in [6.45, 7) is 6.05. The van der Waals surface area contributed by atoms with Crippen LogP contribution >= 0.6 is 92.7 Å². The molecule has 94 heavy (non-hydrogen) atoms. The molecule has 4 aliphatic rings. The lowest BCUT2D eigenvalue weighted by Gasteiger charge is -2.11. The number of rotatable bonds is 10. The van der Waals surface area contributed by atoms with Crippen molar-refractivity contribution in [3.05, 3.63) is 226 Å². The van der Waals surface area contributed by atoms with Gasteiger partial charge in [0, 0.05) is 35.0 Å². The number of pyridine rings is 1. The zero-order chi connectivity index (χ0) is 66.4. The number of aromatic nitrogens is 7. The number of halogens is 1. The van der Waals surface area contributed by atoms with Crippen LogP contribution in [0.4, 0.5) is 5.69 Å². The van der Waals surface area contributed by atoms with E-state index in [1.807, 2.05) is 108 Å². The van der Waals surface area contributed by atoms with Crippen LogP contribution in [-0.2, 0) is 17.9 Å². The molecule has 9 N–H and O–H groups in total. The van der Waals surface area contributed by atoms with Crippen molar-refractivity contribution in [3.8, 4) is 39.3 Å². The number of hydrogen-bond donors (Lipinski definition) is 9. The number of nitrogens with one attached hydrogen (secondary N) is 3. The fourth-order valence-corrected chi connectivity index (χ4v) is 15.6. The molecule has 0 spiro atoms. The van der Waals surface area contributed by atoms with Gasteiger partial charge in [-0.2, -0.15) is 10.2 Å². The average Bonchev–Trinajstić information content (AvgIpc) is 1.71. The van der Waals surface area contributed by atoms with E-state index in [0.29, 0.717) is 50.0 Å². The van der Waals surface area contributed by atoms with Crippen molar-refractivity contribution in [2.75, 3.05) is 11.9 Å². The maximum atomic E-state index is 12.3. The summed E-state index contributed by atoms with van der Waals surface area (Å²) < 4.78 is 6.54. The third kappa shape index (κ3) is 16.4. The van der Waals surface area contributed by atoms with Gasteiger partial charge in [0.15, 0.2) is 28.8 Å². The van der Waals surface area contributed by atoms with E-state index in [0.717, 1.165) is 41.5 Å². The van der Waals surface area contributed by atoms with Crippen molar-refractivity contribution in [1.29, 1.82) is 5.41 Å². The number of carbonyl (C=O) groups excluding carboxylic acids is 1. The number of hydrazone groups is 1. The van der Waals surface area contributed by atoms with Crippen LogP contribution in [0, 0.1) is 12.3 Å². The van der Waals surface area contributed by atoms with Crippen LogP contribution in [0.5, 0.6) is 28.7 Å². The number of aliphatic imine (C=N–C) groups is 1. The van der Waals surface area contributed by atoms with E-state index in [1.165, 1.54) is 73.2 Å². The molecule has 0 radical (unpaired) electrons. The predicted octanol–water partition coefficient (Wildman–Crippen LogP) is 13.0. The maximum Gasteiger partial charge on any atom is 0.273 e. The Hall–Kier alpha value is -9.53. The molecule has 4 aliphatic heterocycles. The van der Waals surface area contributed by atoms with Crippen molar-refractivity contribution in [1.82, 2.24) is 39.4 Å². The number of thiophene rings is 1. The van der Waals surface area contributed by atoms with Crippen LogP contribution in [0.3, 0.4) is 0 Å². The minimum absolute atomic E-state index is 0.0205. The van der Waals surface area contributed by atoms with Gasteiger partial charge in [0.2, 0.25) is 16.5 Å². The number of hydrogen-bond acceptors (Lipinski definition) is 25. The molecule has 478 valence electrons. The first-order chi connectivity index (χ1) is 45.4. The third-order valence-electron chi connectivity index (χ3n) is 13.1. The van der Waals surface area contributed by atoms with Gasteiger partial charge in [-0.1, -0.05) is 95.0 Å². The minimum Gasteiger partial charge on any atom is -0.509 e. The molecule has 0 aliphatic carbocycles. The predicted molar refractivity (Wildman–Crippen MR) is 382 cm³/mol. The van der Waals surface area contributed by atoms with Crippen LogP contribution in [0.25, 0.3) is 37.1 Å². The first kappa shape index (κ1) is 67.4. The Morgan fingerprint density at radius 1 is 0.798 bits per heavy atom. The van der Waals surface area contributed by atoms with E-state index in [1.54, 1.807) is 83.9 Å². The molecule has 14 rings (SSSR count). The van der Waals surface area contributed by atoms with Gasteiger partial charge in [-0.05, 0) is 114 Å². The largest absolute Gasteiger partial charge is 0.509 e. The Labute approximate surface area is 568 Å². The second kappa shape index (κ2) is 31.4. The number of thiazole rings is 2. The molecule has 6 aromatic heterocycles. The zero-order valence-electron chi connectivity index (χ0n) is 49.4. The Balaban J connectivity index is 0.000000134. The summed E-state index contributed by atoms with van der Waals surface area (Å²) in [6, 6.07) is 27.6. The van der Waals surface area contributed by atoms with Gasteiger partial charge in [-0.3, -0.25) is 39.9 Å². The quantitative estimate of drug-likeness (QED) is 0.0349. The number of phenolic OH excluding ortho intramolecular Hbond substituents is 5. The molecule has 0 bridgehead atoms. The highest BCUT2D eigenvalue weighted by Gasteiger charge is 2.31. The number of aromatic amines is 1. The number of aliphatic hydroxyl groups is 1. The second-order valence-electron chi connectivity index (χ2n) is 19.9. The number of nitrogens with zero attached hydrogens (tertiary/aromatic N) is 11. The average molecular weight is 1410 g/mol. The molecule has 4 aromatic carbocycles. The normalized spacial score (nSPS) is 14.0. The Morgan fingerprint density at radius 2 is 1.49 bits per heavy atom. The fourth-order valence-electron chi connectivity index (χ4n) is 8.55. The monoisotopic (exact) mass is 1410 g/mol. The van der Waals surface area contributed by atoms with Crippen molar-refractivity contribution in [2.24, 2.45) is 20.2 Å². The molecule has 0 unspecified atom stereocenters. The number of thioether (sulfide) groups is 4. The SMILES string of the molecule is C1=CSC(=C2SC=CS2)S1.CC(C)N=c1scc(-c2cccs2)n1/N=C/c1ccc(O)c(O)c1O.Cc1ccc(/C=N/N2CC(O)=C(c3nc4ccccc4s3)C2=N)c(O)c1O.Clc1ncnc2c1C=NC2.O=C(Cn1[nH]c(=O)c2ccccc2c1=O)Nc1cccnc1. The molecule has 0 saturated carbocycles. The topological polar surface area (TPSA) is 338 Å². The van der Waals surface area contributed by atoms with Crippen LogP contribution in [0.15, 0.2) is 192 Å². The van der Waals surface area contributed by atoms with Crippen LogP contribution in [0.2, 0.25) is 5.15 Å². The van der Waals surface area contributed by atoms with E-state index in [-0.39, 0.29) is 53.4 Å². The molecule has 0 atom stereocenters. The lowest BCUT2D eigenvalue weighted by molar-refractivity contribution is -0.117. The molecule has 1 amide bonds. The van der Waals surface area contributed by atoms with Gasteiger partial charge in [0.25, 0.3) is 11.1 Å². The van der Waals surface area contributed by atoms with Crippen molar-refractivity contribution in [3.63, 3.8) is 0 Å². The number of aromatic hydroxyl groups is 5. The standard InChI is InChI=1S/C19H16N4O3S.C17H17N3O3S2.C15H12N4O3.C6H4ClN3.C6H4S4/c1-10-6-7-11(17(26)16(10)25)8-21-23-9-13(24)15(18(23)20)19-22-12-4-2-3-5-14(12)27-19;1-10(2)19-17-20(12(9-25-17)14-4-3-7-24-14)18-8-11-5-6-13(21)16(23)15(11)22;20-13(17-10-4-3-7-16-8-10)9-19-15(22)12-6-2-1-5-11(12)14(21)18-19;7-6-4-1-8-2-5(4)9-3-10-6;1-2-8-5(7-1)6-9-3-4-10-6/h2-8,20,24-26H,9H2,1H3;3-10,21-23H,1-2H3;1-8H,9H2,(H,17,20)(H,18,21);1,3H,2H2;1-4H/b20-18?,21-8+;18-8+,19-17?;;;. The summed E-state index contributed by atoms with van der Waals surface area (Å²) in [5, 5.41) is 96.6. The number of carbonyl (C=O) groups is 1. The van der Waals surface area contributed by atoms with Gasteiger partial charge in [-0.25, -0.2) is 29.3 Å². The van der Waals surface area contributed by atoms with E-state index >= 15 is 0 Å². The van der Waals surface area contributed by atoms with Crippen molar-refractivity contribution >= 4 is 155 Å². The fraction of sp³-hybridized carbons (Fsp3) is 0.111. The zero-order valence-corrected chi connectivity index (χ0v) is 55.9. The number of aliphatic hydroxyl groups excluding tert-OH is 1. The summed E-state index contributed by atoms with van der Waals surface area (Å²) in [7, 11) is 0. The lowest BCUT2D eigenvalue weighted by atomic mass is 10.1. The number of amides is 1. The van der Waals surface area contributed by atoms with Gasteiger partial charge in [0.1, 0.15) is 35.3 Å². The van der Waals surface area contributed by atoms with Crippen LogP contribution in [0.1, 0.15) is 46.8 Å². The van der Waals surface area contributed by atoms with Gasteiger partial charge < -0.3 is 36.0 Å². The highest BCUT2D eigenvalue weighted by atomic mass is 35.5.